The highest BCUT2D eigenvalue weighted by Crippen LogP contribution is 2.47. The highest BCUT2D eigenvalue weighted by Gasteiger charge is 2.31. The predicted octanol–water partition coefficient (Wildman–Crippen LogP) is 6.82. The van der Waals surface area contributed by atoms with Gasteiger partial charge in [0.05, 0.1) is 58.6 Å². The van der Waals surface area contributed by atoms with Crippen molar-refractivity contribution in [3.05, 3.63) is 83.6 Å². The smallest absolute Gasteiger partial charge is 0.361 e. The Morgan fingerprint density at radius 3 is 1.92 bits per heavy atom. The highest BCUT2D eigenvalue weighted by atomic mass is 32.2. The fourth-order valence-electron chi connectivity index (χ4n) is 6.85. The molecule has 0 amide bonds. The number of methoxy groups -OCH3 is 2. The third kappa shape index (κ3) is 12.5. The number of aromatic hydroxyl groups is 2. The SMILES string of the molecule is COC(=O)c1ccc2nc(N=Nc3cc(OCCCS(=O)(=O)O)c(N=Nc4c(S(=O)(=O)O)cc5c(S(=O)(=O)O)c(N=Nc6c(C(=O)OC)nn(-c7ccc(S(=O)(=O)O)cc7S(=O)(=O)O)c6O)ccc5c4O)cc3C)sc2c1. The lowest BCUT2D eigenvalue weighted by Crippen LogP contribution is -2.10. The Morgan fingerprint density at radius 2 is 1.30 bits per heavy atom. The lowest BCUT2D eigenvalue weighted by Gasteiger charge is -2.13. The number of aromatic nitrogens is 3. The lowest BCUT2D eigenvalue weighted by molar-refractivity contribution is 0.0588. The molecule has 0 aliphatic rings. The van der Waals surface area contributed by atoms with Gasteiger partial charge in [0.2, 0.25) is 16.7 Å². The fraction of sp³-hybridized carbons (Fsp3) is 0.150. The summed E-state index contributed by atoms with van der Waals surface area (Å²) >= 11 is 1.07. The summed E-state index contributed by atoms with van der Waals surface area (Å²) in [6.07, 6.45) is -0.277. The molecule has 2 aromatic heterocycles. The molecule has 0 spiro atoms. The maximum absolute atomic E-state index is 13.1. The number of azo groups is 3. The van der Waals surface area contributed by atoms with Gasteiger partial charge in [0.15, 0.2) is 11.4 Å². The van der Waals surface area contributed by atoms with E-state index < -0.39 is 145 Å². The van der Waals surface area contributed by atoms with Gasteiger partial charge in [-0.15, -0.1) is 30.7 Å². The zero-order chi connectivity index (χ0) is 56.7. The first-order valence-corrected chi connectivity index (χ1v) is 28.7. The Bertz CT molecular complexity index is 4310. The number of rotatable bonds is 18. The Morgan fingerprint density at radius 1 is 0.649 bits per heavy atom. The summed E-state index contributed by atoms with van der Waals surface area (Å²) in [5.41, 5.74) is -4.07. The van der Waals surface area contributed by atoms with Crippen molar-refractivity contribution in [3.63, 3.8) is 0 Å². The van der Waals surface area contributed by atoms with E-state index in [9.17, 15) is 84.7 Å². The van der Waals surface area contributed by atoms with Gasteiger partial charge in [0, 0.05) is 16.8 Å². The standard InChI is InChI=1S/C40H33N9O22S6/c1-18-13-26(28(71-11-4-12-73(54,55)56)17-25(18)43-47-40-41-23-8-5-19(38(52)69-2)14-29(23)72-40)44-45-32-31(76(63,64)65)16-22-21(35(32)50)7-9-24(36(22)77(66,67)68)42-46-33-34(39(53)70-3)48-49(37(33)51)27-10-6-20(74(57,58)59)15-30(27)75(60,61)62/h5-10,13-17,50-51H,4,11-12H2,1-3H3,(H,54,55,56)(H,57,58,59)(H,60,61,62)(H,63,64,65)(H,66,67,68). The second-order valence-corrected chi connectivity index (χ2v) is 23.5. The van der Waals surface area contributed by atoms with Crippen LogP contribution in [0.4, 0.5) is 33.6 Å². The van der Waals surface area contributed by atoms with Crippen LogP contribution in [0, 0.1) is 6.92 Å². The average Bonchev–Trinajstić information content (AvgIpc) is 3.91. The number of phenolic OH excluding ortho intramolecular Hbond substituents is 1. The average molecular weight is 1180 g/mol. The summed E-state index contributed by atoms with van der Waals surface area (Å²) in [5, 5.41) is 48.5. The van der Waals surface area contributed by atoms with Crippen LogP contribution in [0.5, 0.6) is 17.4 Å². The van der Waals surface area contributed by atoms with Crippen molar-refractivity contribution in [1.82, 2.24) is 14.8 Å². The van der Waals surface area contributed by atoms with Gasteiger partial charge in [-0.25, -0.2) is 14.6 Å². The van der Waals surface area contributed by atoms with Crippen molar-refractivity contribution in [2.24, 2.45) is 30.7 Å². The molecule has 0 saturated carbocycles. The van der Waals surface area contributed by atoms with Crippen LogP contribution >= 0.6 is 11.3 Å². The number of hydrogen-bond acceptors (Lipinski definition) is 26. The van der Waals surface area contributed by atoms with Crippen molar-refractivity contribution >= 4 is 128 Å². The fourth-order valence-corrected chi connectivity index (χ4v) is 10.9. The van der Waals surface area contributed by atoms with E-state index in [1.54, 1.807) is 6.07 Å². The van der Waals surface area contributed by atoms with E-state index >= 15 is 0 Å². The van der Waals surface area contributed by atoms with Gasteiger partial charge in [-0.3, -0.25) is 22.8 Å². The molecular formula is C40H33N9O22S6. The number of carbonyl (C=O) groups excluding carboxylic acids is 2. The first kappa shape index (κ1) is 56.9. The summed E-state index contributed by atoms with van der Waals surface area (Å²) in [6, 6.07) is 10.6. The maximum Gasteiger partial charge on any atom is 0.361 e. The van der Waals surface area contributed by atoms with Gasteiger partial charge in [-0.1, -0.05) is 11.3 Å². The largest absolute Gasteiger partial charge is 0.505 e. The second-order valence-electron chi connectivity index (χ2n) is 15.4. The number of nitrogens with zero attached hydrogens (tertiary/aromatic N) is 9. The molecule has 0 aliphatic carbocycles. The molecule has 0 atom stereocenters. The highest BCUT2D eigenvalue weighted by molar-refractivity contribution is 7.87. The topological polar surface area (TPSA) is 479 Å². The minimum Gasteiger partial charge on any atom is -0.505 e. The van der Waals surface area contributed by atoms with Crippen LogP contribution in [0.3, 0.4) is 0 Å². The first-order chi connectivity index (χ1) is 35.8. The molecule has 2 heterocycles. The molecule has 406 valence electrons. The predicted molar refractivity (Wildman–Crippen MR) is 263 cm³/mol. The van der Waals surface area contributed by atoms with Crippen LogP contribution in [-0.4, -0.2) is 128 Å². The number of carbonyl (C=O) groups is 2. The third-order valence-electron chi connectivity index (χ3n) is 10.3. The molecule has 0 saturated heterocycles. The summed E-state index contributed by atoms with van der Waals surface area (Å²) in [7, 11) is -24.2. The van der Waals surface area contributed by atoms with E-state index in [0.717, 1.165) is 30.6 Å². The number of ether oxygens (including phenoxy) is 3. The van der Waals surface area contributed by atoms with Crippen LogP contribution < -0.4 is 4.74 Å². The quantitative estimate of drug-likeness (QED) is 0.0200. The monoisotopic (exact) mass is 1180 g/mol. The Labute approximate surface area is 436 Å². The van der Waals surface area contributed by atoms with Gasteiger partial charge >= 0.3 is 11.9 Å². The zero-order valence-corrected chi connectivity index (χ0v) is 43.6. The molecule has 0 fully saturated rings. The van der Waals surface area contributed by atoms with E-state index in [4.69, 9.17) is 9.47 Å². The minimum atomic E-state index is -5.64. The van der Waals surface area contributed by atoms with E-state index in [-0.39, 0.29) is 50.6 Å². The van der Waals surface area contributed by atoms with Gasteiger partial charge in [-0.2, -0.15) is 51.9 Å². The van der Waals surface area contributed by atoms with E-state index in [2.05, 4.69) is 45.5 Å². The number of phenols is 1. The first-order valence-electron chi connectivity index (χ1n) is 20.5. The third-order valence-corrected chi connectivity index (χ3v) is 15.5. The number of benzene rings is 5. The Kier molecular flexibility index (Phi) is 15.7. The molecule has 7 aromatic rings. The molecule has 0 unspecified atom stereocenters. The number of aryl methyl sites for hydroxylation is 1. The number of hydrogen-bond donors (Lipinski definition) is 7. The van der Waals surface area contributed by atoms with E-state index in [1.165, 1.54) is 38.3 Å². The van der Waals surface area contributed by atoms with Crippen LogP contribution in [0.25, 0.3) is 26.7 Å². The van der Waals surface area contributed by atoms with E-state index in [1.807, 2.05) is 0 Å². The Hall–Kier alpha value is -7.85. The molecule has 0 radical (unpaired) electrons. The van der Waals surface area contributed by atoms with Crippen LogP contribution in [-0.2, 0) is 60.1 Å². The second kappa shape index (κ2) is 21.3. The molecule has 77 heavy (non-hydrogen) atoms. The molecule has 0 bridgehead atoms. The summed E-state index contributed by atoms with van der Waals surface area (Å²) < 4.78 is 188. The number of esters is 2. The lowest BCUT2D eigenvalue weighted by atomic mass is 10.1. The number of fused-ring (bicyclic) bond motifs is 2. The van der Waals surface area contributed by atoms with Crippen molar-refractivity contribution in [2.75, 3.05) is 26.6 Å². The zero-order valence-electron chi connectivity index (χ0n) is 38.7. The van der Waals surface area contributed by atoms with Crippen molar-refractivity contribution in [2.45, 2.75) is 32.9 Å². The molecule has 7 N–H and O–H groups in total. The number of thiazole rings is 1. The molecule has 31 nitrogen and oxygen atoms in total. The minimum absolute atomic E-state index is 0.103. The van der Waals surface area contributed by atoms with Crippen molar-refractivity contribution < 1.29 is 98.9 Å². The summed E-state index contributed by atoms with van der Waals surface area (Å²) in [4.78, 5) is 24.1. The van der Waals surface area contributed by atoms with Gasteiger partial charge in [-0.05, 0) is 79.6 Å². The molecule has 7 rings (SSSR count). The van der Waals surface area contributed by atoms with Gasteiger partial charge < -0.3 is 24.4 Å². The summed E-state index contributed by atoms with van der Waals surface area (Å²) in [5.74, 6) is -5.51. The van der Waals surface area contributed by atoms with Crippen molar-refractivity contribution in [3.8, 4) is 23.1 Å². The van der Waals surface area contributed by atoms with Gasteiger partial charge in [0.25, 0.3) is 50.6 Å². The van der Waals surface area contributed by atoms with Gasteiger partial charge in [0.1, 0.15) is 37.5 Å². The van der Waals surface area contributed by atoms with E-state index in [0.29, 0.717) is 28.4 Å². The normalized spacial score (nSPS) is 12.9. The molecular weight excluding hydrogens is 1150 g/mol. The molecule has 37 heteroatoms. The Balaban J connectivity index is 1.33. The van der Waals surface area contributed by atoms with Crippen molar-refractivity contribution in [1.29, 1.82) is 0 Å². The summed E-state index contributed by atoms with van der Waals surface area (Å²) in [6.45, 7) is 1.11. The molecule has 0 aliphatic heterocycles. The van der Waals surface area contributed by atoms with Crippen LogP contribution in [0.1, 0.15) is 32.8 Å². The maximum atomic E-state index is 13.1. The van der Waals surface area contributed by atoms with Crippen LogP contribution in [0.2, 0.25) is 0 Å². The molecule has 5 aromatic carbocycles. The van der Waals surface area contributed by atoms with Crippen LogP contribution in [0.15, 0.2) is 117 Å².